The van der Waals surface area contributed by atoms with Crippen LogP contribution in [0.25, 0.3) is 0 Å². The highest BCUT2D eigenvalue weighted by molar-refractivity contribution is 7.44. The van der Waals surface area contributed by atoms with E-state index in [9.17, 15) is 4.57 Å². The number of rotatable bonds is 6. The Morgan fingerprint density at radius 1 is 1.30 bits per heavy atom. The molecule has 0 amide bonds. The minimum absolute atomic E-state index is 0.174. The van der Waals surface area contributed by atoms with Crippen molar-refractivity contribution in [3.8, 4) is 0 Å². The molecular weight excluding hydrogens is 147 g/mol. The maximum Gasteiger partial charge on any atom is 0.338 e. The lowest BCUT2D eigenvalue weighted by Crippen LogP contribution is -1.87. The zero-order valence-electron chi connectivity index (χ0n) is 6.55. The highest BCUT2D eigenvalue weighted by Gasteiger charge is 2.11. The van der Waals surface area contributed by atoms with Crippen molar-refractivity contribution >= 4 is 7.80 Å². The molecule has 0 spiro atoms. The quantitative estimate of drug-likeness (QED) is 0.608. The van der Waals surface area contributed by atoms with Gasteiger partial charge in [0.05, 0.1) is 0 Å². The molecule has 0 rings (SSSR count). The molecule has 1 N–H and O–H groups in total. The maximum absolute atomic E-state index is 11.0. The summed E-state index contributed by atoms with van der Waals surface area (Å²) in [5, 5.41) is 8.41. The fourth-order valence-electron chi connectivity index (χ4n) is 0.693. The van der Waals surface area contributed by atoms with Crippen molar-refractivity contribution in [2.24, 2.45) is 0 Å². The molecule has 0 saturated carbocycles. The Morgan fingerprint density at radius 3 is 2.40 bits per heavy atom. The van der Waals surface area contributed by atoms with Crippen LogP contribution in [-0.2, 0) is 4.57 Å². The first kappa shape index (κ1) is 10.1. The van der Waals surface area contributed by atoms with Gasteiger partial charge in [-0.25, -0.2) is 0 Å². The molecule has 0 radical (unpaired) electrons. The summed E-state index contributed by atoms with van der Waals surface area (Å²) in [6.07, 6.45) is 4.40. The molecule has 0 aliphatic rings. The number of aliphatic hydroxyl groups is 1. The molecule has 0 bridgehead atoms. The lowest BCUT2D eigenvalue weighted by Gasteiger charge is -1.85. The molecule has 0 aliphatic carbocycles. The van der Waals surface area contributed by atoms with Crippen LogP contribution in [0.4, 0.5) is 0 Å². The van der Waals surface area contributed by atoms with Gasteiger partial charge in [0.1, 0.15) is 12.3 Å². The normalized spacial score (nSPS) is 11.6. The highest BCUT2D eigenvalue weighted by atomic mass is 31.1. The van der Waals surface area contributed by atoms with Gasteiger partial charge in [0.2, 0.25) is 0 Å². The Kier molecular flexibility index (Phi) is 7.21. The van der Waals surface area contributed by atoms with E-state index in [1.807, 2.05) is 0 Å². The smallest absolute Gasteiger partial charge is 0.338 e. The predicted molar refractivity (Wildman–Crippen MR) is 44.0 cm³/mol. The van der Waals surface area contributed by atoms with E-state index >= 15 is 0 Å². The average molecular weight is 163 g/mol. The molecule has 0 aromatic carbocycles. The first-order chi connectivity index (χ1) is 4.81. The van der Waals surface area contributed by atoms with Crippen LogP contribution in [0.2, 0.25) is 0 Å². The topological polar surface area (TPSA) is 37.3 Å². The van der Waals surface area contributed by atoms with Crippen molar-refractivity contribution < 1.29 is 9.67 Å². The van der Waals surface area contributed by atoms with Crippen molar-refractivity contribution in [2.75, 3.05) is 18.9 Å². The van der Waals surface area contributed by atoms with E-state index < -0.39 is 7.80 Å². The van der Waals surface area contributed by atoms with E-state index in [-0.39, 0.29) is 6.61 Å². The first-order valence-corrected chi connectivity index (χ1v) is 5.47. The Labute approximate surface area is 63.4 Å². The van der Waals surface area contributed by atoms with Crippen LogP contribution in [0.5, 0.6) is 0 Å². The monoisotopic (exact) mass is 163 g/mol. The molecule has 1 unspecified atom stereocenters. The van der Waals surface area contributed by atoms with E-state index in [0.29, 0.717) is 12.6 Å². The van der Waals surface area contributed by atoms with Crippen molar-refractivity contribution in [3.05, 3.63) is 0 Å². The van der Waals surface area contributed by atoms with Gasteiger partial charge < -0.3 is 5.11 Å². The SMILES string of the molecule is CCCC[P+](=O)CCCO. The minimum Gasteiger partial charge on any atom is -0.396 e. The molecule has 2 nitrogen and oxygen atoms in total. The van der Waals surface area contributed by atoms with Crippen molar-refractivity contribution in [3.63, 3.8) is 0 Å². The standard InChI is InChI=1S/C7H16O2P/c1-2-3-6-10(9)7-4-5-8/h8H,2-7H2,1H3/q+1. The van der Waals surface area contributed by atoms with Gasteiger partial charge >= 0.3 is 7.80 Å². The molecule has 0 saturated heterocycles. The summed E-state index contributed by atoms with van der Waals surface area (Å²) in [5.74, 6) is 0. The van der Waals surface area contributed by atoms with E-state index in [1.165, 1.54) is 0 Å². The minimum atomic E-state index is -1.00. The molecule has 60 valence electrons. The Morgan fingerprint density at radius 2 is 1.90 bits per heavy atom. The van der Waals surface area contributed by atoms with Gasteiger partial charge in [0, 0.05) is 13.0 Å². The molecule has 0 aliphatic heterocycles. The lowest BCUT2D eigenvalue weighted by molar-refractivity contribution is 0.295. The van der Waals surface area contributed by atoms with Gasteiger partial charge in [-0.05, 0) is 6.42 Å². The molecule has 1 atom stereocenters. The molecule has 0 heterocycles. The Hall–Kier alpha value is 0.0600. The first-order valence-electron chi connectivity index (χ1n) is 3.84. The van der Waals surface area contributed by atoms with Crippen LogP contribution in [0.15, 0.2) is 0 Å². The van der Waals surface area contributed by atoms with E-state index in [1.54, 1.807) is 0 Å². The summed E-state index contributed by atoms with van der Waals surface area (Å²) in [6.45, 7) is 2.27. The zero-order chi connectivity index (χ0) is 7.82. The average Bonchev–Trinajstić information content (AvgIpc) is 1.97. The largest absolute Gasteiger partial charge is 0.396 e. The summed E-state index contributed by atoms with van der Waals surface area (Å²) in [7, 11) is -1.00. The number of hydrogen-bond donors (Lipinski definition) is 1. The highest BCUT2D eigenvalue weighted by Crippen LogP contribution is 2.22. The maximum atomic E-state index is 11.0. The fraction of sp³-hybridized carbons (Fsp3) is 1.00. The number of aliphatic hydroxyl groups excluding tert-OH is 1. The number of hydrogen-bond acceptors (Lipinski definition) is 2. The summed E-state index contributed by atoms with van der Waals surface area (Å²) in [5.41, 5.74) is 0. The van der Waals surface area contributed by atoms with Gasteiger partial charge in [-0.1, -0.05) is 17.9 Å². The van der Waals surface area contributed by atoms with Crippen LogP contribution in [-0.4, -0.2) is 24.0 Å². The third-order valence-electron chi connectivity index (χ3n) is 1.33. The van der Waals surface area contributed by atoms with Crippen LogP contribution in [0.3, 0.4) is 0 Å². The summed E-state index contributed by atoms with van der Waals surface area (Å²) in [6, 6.07) is 0. The van der Waals surface area contributed by atoms with E-state index in [2.05, 4.69) is 6.92 Å². The third kappa shape index (κ3) is 6.18. The van der Waals surface area contributed by atoms with Crippen LogP contribution in [0.1, 0.15) is 26.2 Å². The summed E-state index contributed by atoms with van der Waals surface area (Å²) < 4.78 is 11.0. The van der Waals surface area contributed by atoms with Crippen molar-refractivity contribution in [2.45, 2.75) is 26.2 Å². The summed E-state index contributed by atoms with van der Waals surface area (Å²) in [4.78, 5) is 0. The van der Waals surface area contributed by atoms with Crippen LogP contribution < -0.4 is 0 Å². The van der Waals surface area contributed by atoms with Gasteiger partial charge in [-0.3, -0.25) is 0 Å². The van der Waals surface area contributed by atoms with E-state index in [0.717, 1.165) is 19.0 Å². The molecular formula is C7H16O2P+. The van der Waals surface area contributed by atoms with Crippen molar-refractivity contribution in [1.29, 1.82) is 0 Å². The van der Waals surface area contributed by atoms with Gasteiger partial charge in [0.15, 0.2) is 0 Å². The van der Waals surface area contributed by atoms with E-state index in [4.69, 9.17) is 5.11 Å². The fourth-order valence-corrected chi connectivity index (χ4v) is 2.08. The second-order valence-corrected chi connectivity index (χ2v) is 4.22. The molecule has 0 fully saturated rings. The zero-order valence-corrected chi connectivity index (χ0v) is 7.44. The van der Waals surface area contributed by atoms with Crippen LogP contribution >= 0.6 is 7.80 Å². The molecule has 0 aromatic heterocycles. The number of unbranched alkanes of at least 4 members (excludes halogenated alkanes) is 1. The Bertz CT molecular complexity index is 83.6. The predicted octanol–water partition coefficient (Wildman–Crippen LogP) is 2.00. The molecule has 0 aromatic rings. The Balaban J connectivity index is 3.09. The van der Waals surface area contributed by atoms with Crippen molar-refractivity contribution in [1.82, 2.24) is 0 Å². The second-order valence-electron chi connectivity index (χ2n) is 2.36. The third-order valence-corrected chi connectivity index (χ3v) is 2.96. The second kappa shape index (κ2) is 7.17. The molecule has 10 heavy (non-hydrogen) atoms. The summed E-state index contributed by atoms with van der Waals surface area (Å²) >= 11 is 0. The van der Waals surface area contributed by atoms with Gasteiger partial charge in [0.25, 0.3) is 0 Å². The van der Waals surface area contributed by atoms with Gasteiger partial charge in [-0.15, -0.1) is 0 Å². The molecule has 3 heteroatoms. The van der Waals surface area contributed by atoms with Gasteiger partial charge in [-0.2, -0.15) is 0 Å². The lowest BCUT2D eigenvalue weighted by atomic mass is 10.4. The van der Waals surface area contributed by atoms with Crippen LogP contribution in [0, 0.1) is 0 Å².